The number of aryl methyl sites for hydroxylation is 1. The molecule has 2 rings (SSSR count). The summed E-state index contributed by atoms with van der Waals surface area (Å²) in [5.41, 5.74) is 2.07. The van der Waals surface area contributed by atoms with Gasteiger partial charge in [-0.3, -0.25) is 4.79 Å². The van der Waals surface area contributed by atoms with Crippen LogP contribution in [0.4, 0.5) is 11.6 Å². The van der Waals surface area contributed by atoms with Gasteiger partial charge >= 0.3 is 0 Å². The molecule has 6 heteroatoms. The Balaban J connectivity index is 1.99. The lowest BCUT2D eigenvalue weighted by Crippen LogP contribution is -2.14. The third-order valence-corrected chi connectivity index (χ3v) is 3.58. The quantitative estimate of drug-likeness (QED) is 0.723. The van der Waals surface area contributed by atoms with Crippen molar-refractivity contribution in [2.45, 2.75) is 33.1 Å². The van der Waals surface area contributed by atoms with Gasteiger partial charge in [0.25, 0.3) is 5.91 Å². The van der Waals surface area contributed by atoms with Crippen molar-refractivity contribution in [3.63, 3.8) is 0 Å². The number of hydrogen-bond donors (Lipinski definition) is 2. The number of carbonyl (C=O) groups excluding carboxylic acids is 1. The van der Waals surface area contributed by atoms with E-state index in [-0.39, 0.29) is 5.91 Å². The monoisotopic (exact) mass is 328 g/mol. The second-order valence-electron chi connectivity index (χ2n) is 5.59. The minimum absolute atomic E-state index is 0.267. The maximum Gasteiger partial charge on any atom is 0.258 e. The summed E-state index contributed by atoms with van der Waals surface area (Å²) in [6.07, 6.45) is 6.46. The van der Waals surface area contributed by atoms with E-state index in [1.807, 2.05) is 25.1 Å². The van der Waals surface area contributed by atoms with Gasteiger partial charge in [0.05, 0.1) is 18.4 Å². The minimum atomic E-state index is -0.267. The van der Waals surface area contributed by atoms with Crippen molar-refractivity contribution in [2.75, 3.05) is 24.3 Å². The first-order valence-electron chi connectivity index (χ1n) is 8.16. The van der Waals surface area contributed by atoms with E-state index in [1.54, 1.807) is 7.11 Å². The van der Waals surface area contributed by atoms with Gasteiger partial charge in [-0.05, 0) is 31.0 Å². The van der Waals surface area contributed by atoms with Crippen LogP contribution in [-0.4, -0.2) is 29.5 Å². The summed E-state index contributed by atoms with van der Waals surface area (Å²) in [4.78, 5) is 20.7. The summed E-state index contributed by atoms with van der Waals surface area (Å²) >= 11 is 0. The van der Waals surface area contributed by atoms with Crippen LogP contribution in [0.2, 0.25) is 0 Å². The number of ether oxygens (including phenoxy) is 1. The predicted molar refractivity (Wildman–Crippen MR) is 95.7 cm³/mol. The molecule has 1 aromatic heterocycles. The number of carbonyl (C=O) groups is 1. The molecule has 0 saturated carbocycles. The normalized spacial score (nSPS) is 10.3. The zero-order valence-electron chi connectivity index (χ0n) is 14.4. The van der Waals surface area contributed by atoms with Crippen molar-refractivity contribution < 1.29 is 9.53 Å². The van der Waals surface area contributed by atoms with Gasteiger partial charge in [-0.2, -0.15) is 0 Å². The summed E-state index contributed by atoms with van der Waals surface area (Å²) in [7, 11) is 1.57. The molecule has 128 valence electrons. The lowest BCUT2D eigenvalue weighted by molar-refractivity contribution is 0.102. The number of hydrogen-bond acceptors (Lipinski definition) is 5. The highest BCUT2D eigenvalue weighted by Crippen LogP contribution is 2.25. The van der Waals surface area contributed by atoms with Crippen molar-refractivity contribution >= 4 is 17.5 Å². The van der Waals surface area contributed by atoms with Crippen LogP contribution < -0.4 is 15.4 Å². The van der Waals surface area contributed by atoms with Gasteiger partial charge in [-0.25, -0.2) is 9.97 Å². The molecule has 0 radical (unpaired) electrons. The lowest BCUT2D eigenvalue weighted by Gasteiger charge is -2.11. The van der Waals surface area contributed by atoms with E-state index in [9.17, 15) is 4.79 Å². The molecule has 0 aliphatic carbocycles. The molecule has 1 amide bonds. The Kier molecular flexibility index (Phi) is 6.54. The fourth-order valence-corrected chi connectivity index (χ4v) is 2.23. The van der Waals surface area contributed by atoms with Gasteiger partial charge in [0, 0.05) is 18.9 Å². The van der Waals surface area contributed by atoms with Crippen molar-refractivity contribution in [1.82, 2.24) is 9.97 Å². The van der Waals surface area contributed by atoms with Crippen LogP contribution in [-0.2, 0) is 0 Å². The van der Waals surface area contributed by atoms with Gasteiger partial charge < -0.3 is 15.4 Å². The molecule has 2 aromatic rings. The average molecular weight is 328 g/mol. The Morgan fingerprint density at radius 2 is 1.96 bits per heavy atom. The van der Waals surface area contributed by atoms with E-state index in [1.165, 1.54) is 25.2 Å². The van der Waals surface area contributed by atoms with Gasteiger partial charge in [0.1, 0.15) is 5.75 Å². The van der Waals surface area contributed by atoms with Gasteiger partial charge in [0.2, 0.25) is 5.95 Å². The van der Waals surface area contributed by atoms with E-state index in [0.717, 1.165) is 18.5 Å². The Hall–Kier alpha value is -2.63. The van der Waals surface area contributed by atoms with Crippen molar-refractivity contribution in [2.24, 2.45) is 0 Å². The first-order chi connectivity index (χ1) is 11.6. The Morgan fingerprint density at radius 1 is 1.21 bits per heavy atom. The summed E-state index contributed by atoms with van der Waals surface area (Å²) in [5.74, 6) is 0.885. The first-order valence-corrected chi connectivity index (χ1v) is 8.16. The Bertz CT molecular complexity index is 671. The number of unbranched alkanes of at least 4 members (excludes halogenated alkanes) is 2. The maximum atomic E-state index is 12.3. The second-order valence-corrected chi connectivity index (χ2v) is 5.59. The average Bonchev–Trinajstić information content (AvgIpc) is 2.59. The molecule has 2 N–H and O–H groups in total. The smallest absolute Gasteiger partial charge is 0.258 e. The van der Waals surface area contributed by atoms with Crippen molar-refractivity contribution in [3.05, 3.63) is 41.7 Å². The molecular weight excluding hydrogens is 304 g/mol. The minimum Gasteiger partial charge on any atom is -0.495 e. The highest BCUT2D eigenvalue weighted by atomic mass is 16.5. The molecule has 0 unspecified atom stereocenters. The molecule has 24 heavy (non-hydrogen) atoms. The number of rotatable bonds is 8. The standard InChI is InChI=1S/C18H24N4O2/c1-4-5-6-9-19-18-20-11-14(12-21-18)17(23)22-15-10-13(2)7-8-16(15)24-3/h7-8,10-12H,4-6,9H2,1-3H3,(H,22,23)(H,19,20,21). The number of nitrogens with zero attached hydrogens (tertiary/aromatic N) is 2. The largest absolute Gasteiger partial charge is 0.495 e. The number of methoxy groups -OCH3 is 1. The van der Waals surface area contributed by atoms with Crippen LogP contribution in [0.1, 0.15) is 42.1 Å². The van der Waals surface area contributed by atoms with Gasteiger partial charge in [0.15, 0.2) is 0 Å². The van der Waals surface area contributed by atoms with Crippen LogP contribution in [0.5, 0.6) is 5.75 Å². The molecule has 6 nitrogen and oxygen atoms in total. The summed E-state index contributed by atoms with van der Waals surface area (Å²) < 4.78 is 5.26. The summed E-state index contributed by atoms with van der Waals surface area (Å²) in [6, 6.07) is 5.61. The Labute approximate surface area is 142 Å². The van der Waals surface area contributed by atoms with E-state index in [0.29, 0.717) is 22.9 Å². The van der Waals surface area contributed by atoms with Gasteiger partial charge in [-0.15, -0.1) is 0 Å². The van der Waals surface area contributed by atoms with Crippen LogP contribution in [0.15, 0.2) is 30.6 Å². The molecule has 0 fully saturated rings. The zero-order chi connectivity index (χ0) is 17.4. The topological polar surface area (TPSA) is 76.1 Å². The summed E-state index contributed by atoms with van der Waals surface area (Å²) in [6.45, 7) is 4.95. The van der Waals surface area contributed by atoms with Crippen molar-refractivity contribution in [3.8, 4) is 5.75 Å². The molecule has 1 heterocycles. The van der Waals surface area contributed by atoms with E-state index >= 15 is 0 Å². The van der Waals surface area contributed by atoms with E-state index in [4.69, 9.17) is 4.74 Å². The number of benzene rings is 1. The fourth-order valence-electron chi connectivity index (χ4n) is 2.23. The number of anilines is 2. The second kappa shape index (κ2) is 8.86. The van der Waals surface area contributed by atoms with Crippen LogP contribution in [0.25, 0.3) is 0 Å². The SMILES string of the molecule is CCCCCNc1ncc(C(=O)Nc2cc(C)ccc2OC)cn1. The van der Waals surface area contributed by atoms with Crippen LogP contribution >= 0.6 is 0 Å². The maximum absolute atomic E-state index is 12.3. The van der Waals surface area contributed by atoms with Crippen molar-refractivity contribution in [1.29, 1.82) is 0 Å². The molecule has 0 aliphatic heterocycles. The highest BCUT2D eigenvalue weighted by molar-refractivity contribution is 6.04. The summed E-state index contributed by atoms with van der Waals surface area (Å²) in [5, 5.41) is 5.98. The molecule has 1 aromatic carbocycles. The van der Waals surface area contributed by atoms with E-state index < -0.39 is 0 Å². The molecule has 0 atom stereocenters. The first kappa shape index (κ1) is 17.7. The molecule has 0 aliphatic rings. The third kappa shape index (κ3) is 4.94. The number of amides is 1. The molecular formula is C18H24N4O2. The molecule has 0 saturated heterocycles. The fraction of sp³-hybridized carbons (Fsp3) is 0.389. The number of nitrogens with one attached hydrogen (secondary N) is 2. The molecule has 0 spiro atoms. The zero-order valence-corrected chi connectivity index (χ0v) is 14.4. The highest BCUT2D eigenvalue weighted by Gasteiger charge is 2.11. The third-order valence-electron chi connectivity index (χ3n) is 3.58. The van der Waals surface area contributed by atoms with Gasteiger partial charge in [-0.1, -0.05) is 25.8 Å². The van der Waals surface area contributed by atoms with E-state index in [2.05, 4.69) is 27.5 Å². The number of aromatic nitrogens is 2. The predicted octanol–water partition coefficient (Wildman–Crippen LogP) is 3.65. The molecule has 0 bridgehead atoms. The van der Waals surface area contributed by atoms with Crippen LogP contribution in [0, 0.1) is 6.92 Å². The lowest BCUT2D eigenvalue weighted by atomic mass is 10.2. The Morgan fingerprint density at radius 3 is 2.62 bits per heavy atom. The van der Waals surface area contributed by atoms with Crippen LogP contribution in [0.3, 0.4) is 0 Å².